The van der Waals surface area contributed by atoms with E-state index in [0.29, 0.717) is 34.5 Å². The van der Waals surface area contributed by atoms with Crippen molar-refractivity contribution in [2.24, 2.45) is 0 Å². The summed E-state index contributed by atoms with van der Waals surface area (Å²) in [4.78, 5) is 17.0. The highest BCUT2D eigenvalue weighted by atomic mass is 16.5. The summed E-state index contributed by atoms with van der Waals surface area (Å²) >= 11 is 0. The normalized spacial score (nSPS) is 10.5. The highest BCUT2D eigenvalue weighted by molar-refractivity contribution is 5.93. The third-order valence-corrected chi connectivity index (χ3v) is 4.20. The van der Waals surface area contributed by atoms with Crippen molar-refractivity contribution < 1.29 is 18.7 Å². The number of carbonyl (C=O) groups is 1. The molecule has 140 valence electrons. The van der Waals surface area contributed by atoms with Crippen molar-refractivity contribution in [1.82, 2.24) is 4.98 Å². The maximum absolute atomic E-state index is 12.5. The van der Waals surface area contributed by atoms with E-state index in [9.17, 15) is 4.79 Å². The summed E-state index contributed by atoms with van der Waals surface area (Å²) in [6, 6.07) is 13.1. The van der Waals surface area contributed by atoms with Gasteiger partial charge < -0.3 is 19.2 Å². The summed E-state index contributed by atoms with van der Waals surface area (Å²) in [7, 11) is 3.12. The van der Waals surface area contributed by atoms with Crippen LogP contribution in [0.15, 0.2) is 46.9 Å². The maximum atomic E-state index is 12.5. The quantitative estimate of drug-likeness (QED) is 0.709. The van der Waals surface area contributed by atoms with Crippen molar-refractivity contribution in [3.8, 4) is 23.0 Å². The van der Waals surface area contributed by atoms with Gasteiger partial charge in [-0.3, -0.25) is 4.79 Å². The summed E-state index contributed by atoms with van der Waals surface area (Å²) in [6.45, 7) is 3.83. The average Bonchev–Trinajstić information content (AvgIpc) is 3.02. The van der Waals surface area contributed by atoms with Crippen molar-refractivity contribution in [3.05, 3.63) is 59.5 Å². The van der Waals surface area contributed by atoms with Crippen LogP contribution in [0.1, 0.15) is 17.0 Å². The minimum absolute atomic E-state index is 0.0988. The third kappa shape index (κ3) is 4.28. The molecular weight excluding hydrogens is 344 g/mol. The Morgan fingerprint density at radius 3 is 2.48 bits per heavy atom. The number of aromatic nitrogens is 1. The largest absolute Gasteiger partial charge is 0.497 e. The first-order valence-electron chi connectivity index (χ1n) is 8.55. The van der Waals surface area contributed by atoms with E-state index in [2.05, 4.69) is 10.3 Å². The van der Waals surface area contributed by atoms with Crippen LogP contribution in [0, 0.1) is 13.8 Å². The molecule has 1 N–H and O–H groups in total. The minimum Gasteiger partial charge on any atom is -0.497 e. The zero-order chi connectivity index (χ0) is 19.4. The number of benzene rings is 2. The fourth-order valence-electron chi connectivity index (χ4n) is 2.67. The van der Waals surface area contributed by atoms with E-state index >= 15 is 0 Å². The minimum atomic E-state index is -0.214. The van der Waals surface area contributed by atoms with Crippen molar-refractivity contribution in [2.75, 3.05) is 19.5 Å². The first-order valence-corrected chi connectivity index (χ1v) is 8.55. The Kier molecular flexibility index (Phi) is 5.45. The molecule has 0 fully saturated rings. The van der Waals surface area contributed by atoms with Crippen LogP contribution in [0.25, 0.3) is 11.5 Å². The molecule has 0 bridgehead atoms. The Labute approximate surface area is 158 Å². The van der Waals surface area contributed by atoms with Gasteiger partial charge in [-0.15, -0.1) is 0 Å². The number of nitrogens with one attached hydrogen (secondary N) is 1. The summed E-state index contributed by atoms with van der Waals surface area (Å²) in [6.07, 6.45) is 0.0988. The fourth-order valence-corrected chi connectivity index (χ4v) is 2.67. The Balaban J connectivity index is 1.76. The molecule has 0 aliphatic heterocycles. The Bertz CT molecular complexity index is 945. The van der Waals surface area contributed by atoms with Crippen LogP contribution in [0.2, 0.25) is 0 Å². The lowest BCUT2D eigenvalue weighted by atomic mass is 10.1. The molecule has 0 aliphatic rings. The second-order valence-electron chi connectivity index (χ2n) is 6.18. The number of methoxy groups -OCH3 is 2. The second kappa shape index (κ2) is 7.95. The van der Waals surface area contributed by atoms with E-state index in [1.54, 1.807) is 39.3 Å². The number of nitrogens with zero attached hydrogens (tertiary/aromatic N) is 1. The van der Waals surface area contributed by atoms with Gasteiger partial charge in [0.05, 0.1) is 32.0 Å². The number of rotatable bonds is 6. The Morgan fingerprint density at radius 1 is 1.07 bits per heavy atom. The van der Waals surface area contributed by atoms with E-state index in [0.717, 1.165) is 11.1 Å². The van der Waals surface area contributed by atoms with Gasteiger partial charge in [-0.2, -0.15) is 0 Å². The van der Waals surface area contributed by atoms with Gasteiger partial charge in [-0.25, -0.2) is 4.98 Å². The predicted molar refractivity (Wildman–Crippen MR) is 103 cm³/mol. The molecule has 0 saturated carbocycles. The molecule has 2 aromatic carbocycles. The first kappa shape index (κ1) is 18.5. The van der Waals surface area contributed by atoms with E-state index in [4.69, 9.17) is 13.9 Å². The standard InChI is InChI=1S/C21H22N2O4/c1-13-5-7-15(8-6-13)21-23-17(14(2)27-21)12-20(24)22-18-11-16(25-3)9-10-19(18)26-4/h5-11H,12H2,1-4H3,(H,22,24). The van der Waals surface area contributed by atoms with Gasteiger partial charge in [0, 0.05) is 11.6 Å². The highest BCUT2D eigenvalue weighted by Gasteiger charge is 2.16. The summed E-state index contributed by atoms with van der Waals surface area (Å²) in [5.74, 6) is 2.10. The number of ether oxygens (including phenoxy) is 2. The van der Waals surface area contributed by atoms with Gasteiger partial charge in [0.15, 0.2) is 0 Å². The van der Waals surface area contributed by atoms with Crippen LogP contribution in [-0.2, 0) is 11.2 Å². The van der Waals surface area contributed by atoms with E-state index in [-0.39, 0.29) is 12.3 Å². The monoisotopic (exact) mass is 366 g/mol. The summed E-state index contributed by atoms with van der Waals surface area (Å²) < 4.78 is 16.2. The van der Waals surface area contributed by atoms with Gasteiger partial charge >= 0.3 is 0 Å². The van der Waals surface area contributed by atoms with Crippen molar-refractivity contribution in [2.45, 2.75) is 20.3 Å². The predicted octanol–water partition coefficient (Wildman–Crippen LogP) is 4.16. The molecule has 27 heavy (non-hydrogen) atoms. The van der Waals surface area contributed by atoms with E-state index < -0.39 is 0 Å². The lowest BCUT2D eigenvalue weighted by Gasteiger charge is -2.11. The lowest BCUT2D eigenvalue weighted by molar-refractivity contribution is -0.115. The number of aryl methyl sites for hydroxylation is 2. The molecule has 3 aromatic rings. The molecule has 6 heteroatoms. The topological polar surface area (TPSA) is 73.6 Å². The summed E-state index contributed by atoms with van der Waals surface area (Å²) in [5.41, 5.74) is 3.19. The number of carbonyl (C=O) groups excluding carboxylic acids is 1. The third-order valence-electron chi connectivity index (χ3n) is 4.20. The molecule has 0 saturated heterocycles. The number of hydrogen-bond donors (Lipinski definition) is 1. The highest BCUT2D eigenvalue weighted by Crippen LogP contribution is 2.29. The van der Waals surface area contributed by atoms with Gasteiger partial charge in [0.2, 0.25) is 11.8 Å². The molecule has 1 heterocycles. The maximum Gasteiger partial charge on any atom is 0.230 e. The molecule has 0 spiro atoms. The van der Waals surface area contributed by atoms with E-state index in [1.165, 1.54) is 0 Å². The number of oxazole rings is 1. The lowest BCUT2D eigenvalue weighted by Crippen LogP contribution is -2.15. The molecule has 6 nitrogen and oxygen atoms in total. The molecule has 1 aromatic heterocycles. The van der Waals surface area contributed by atoms with Gasteiger partial charge in [-0.1, -0.05) is 17.7 Å². The first-order chi connectivity index (χ1) is 13.0. The number of amides is 1. The Morgan fingerprint density at radius 2 is 1.81 bits per heavy atom. The zero-order valence-electron chi connectivity index (χ0n) is 15.8. The summed E-state index contributed by atoms with van der Waals surface area (Å²) in [5, 5.41) is 2.84. The van der Waals surface area contributed by atoms with Crippen LogP contribution in [0.5, 0.6) is 11.5 Å². The van der Waals surface area contributed by atoms with Gasteiger partial charge in [0.1, 0.15) is 17.3 Å². The number of hydrogen-bond acceptors (Lipinski definition) is 5. The van der Waals surface area contributed by atoms with Crippen molar-refractivity contribution in [3.63, 3.8) is 0 Å². The van der Waals surface area contributed by atoms with Crippen molar-refractivity contribution in [1.29, 1.82) is 0 Å². The SMILES string of the molecule is COc1ccc(OC)c(NC(=O)Cc2nc(-c3ccc(C)cc3)oc2C)c1. The average molecular weight is 366 g/mol. The van der Waals surface area contributed by atoms with Gasteiger partial charge in [-0.05, 0) is 38.1 Å². The van der Waals surface area contributed by atoms with Crippen LogP contribution >= 0.6 is 0 Å². The second-order valence-corrected chi connectivity index (χ2v) is 6.18. The molecule has 0 radical (unpaired) electrons. The van der Waals surface area contributed by atoms with Crippen LogP contribution < -0.4 is 14.8 Å². The Hall–Kier alpha value is -3.28. The van der Waals surface area contributed by atoms with Crippen LogP contribution in [-0.4, -0.2) is 25.1 Å². The fraction of sp³-hybridized carbons (Fsp3) is 0.238. The van der Waals surface area contributed by atoms with E-state index in [1.807, 2.05) is 31.2 Å². The van der Waals surface area contributed by atoms with Crippen LogP contribution in [0.4, 0.5) is 5.69 Å². The molecular formula is C21H22N2O4. The van der Waals surface area contributed by atoms with Crippen molar-refractivity contribution >= 4 is 11.6 Å². The van der Waals surface area contributed by atoms with Crippen LogP contribution in [0.3, 0.4) is 0 Å². The molecule has 0 unspecified atom stereocenters. The number of anilines is 1. The smallest absolute Gasteiger partial charge is 0.230 e. The van der Waals surface area contributed by atoms with Gasteiger partial charge in [0.25, 0.3) is 0 Å². The molecule has 1 amide bonds. The molecule has 0 atom stereocenters. The molecule has 0 aliphatic carbocycles. The zero-order valence-corrected chi connectivity index (χ0v) is 15.8. The molecule has 3 rings (SSSR count).